The summed E-state index contributed by atoms with van der Waals surface area (Å²) in [6.45, 7) is -0.0351. The SMILES string of the molecule is O=C(O)CC(c1cccc(O)c1)c1ccc2ccc(OCC(=O)NC3CCCCCC3)cc2c1. The van der Waals surface area contributed by atoms with Crippen LogP contribution in [0.3, 0.4) is 0 Å². The molecule has 0 aliphatic heterocycles. The molecule has 6 heteroatoms. The maximum absolute atomic E-state index is 12.4. The number of phenols is 1. The topological polar surface area (TPSA) is 95.9 Å². The van der Waals surface area contributed by atoms with E-state index in [1.807, 2.05) is 42.5 Å². The molecule has 0 heterocycles. The minimum absolute atomic E-state index is 0.0351. The molecule has 0 bridgehead atoms. The molecule has 1 unspecified atom stereocenters. The molecular formula is C28H31NO5. The summed E-state index contributed by atoms with van der Waals surface area (Å²) in [6, 6.07) is 18.4. The van der Waals surface area contributed by atoms with Crippen molar-refractivity contribution in [2.75, 3.05) is 6.61 Å². The van der Waals surface area contributed by atoms with Crippen LogP contribution in [0.4, 0.5) is 0 Å². The molecule has 0 aromatic heterocycles. The molecule has 1 atom stereocenters. The van der Waals surface area contributed by atoms with Crippen molar-refractivity contribution in [2.24, 2.45) is 0 Å². The van der Waals surface area contributed by atoms with Crippen LogP contribution in [0.5, 0.6) is 11.5 Å². The van der Waals surface area contributed by atoms with E-state index in [1.54, 1.807) is 18.2 Å². The van der Waals surface area contributed by atoms with Crippen LogP contribution in [0, 0.1) is 0 Å². The Morgan fingerprint density at radius 1 is 0.912 bits per heavy atom. The van der Waals surface area contributed by atoms with Crippen molar-refractivity contribution in [3.8, 4) is 11.5 Å². The summed E-state index contributed by atoms with van der Waals surface area (Å²) in [5.74, 6) is -0.723. The summed E-state index contributed by atoms with van der Waals surface area (Å²) in [6.07, 6.45) is 6.75. The molecule has 1 amide bonds. The van der Waals surface area contributed by atoms with E-state index in [-0.39, 0.29) is 30.7 Å². The third-order valence-electron chi connectivity index (χ3n) is 6.48. The van der Waals surface area contributed by atoms with Gasteiger partial charge < -0.3 is 20.3 Å². The highest BCUT2D eigenvalue weighted by atomic mass is 16.5. The van der Waals surface area contributed by atoms with Crippen LogP contribution in [-0.2, 0) is 9.59 Å². The molecule has 1 fully saturated rings. The zero-order chi connectivity index (χ0) is 23.9. The van der Waals surface area contributed by atoms with Gasteiger partial charge in [0.05, 0.1) is 6.42 Å². The number of amides is 1. The van der Waals surface area contributed by atoms with Crippen molar-refractivity contribution < 1.29 is 24.5 Å². The fourth-order valence-corrected chi connectivity index (χ4v) is 4.74. The first-order chi connectivity index (χ1) is 16.5. The van der Waals surface area contributed by atoms with Gasteiger partial charge >= 0.3 is 5.97 Å². The van der Waals surface area contributed by atoms with Gasteiger partial charge in [-0.25, -0.2) is 0 Å². The van der Waals surface area contributed by atoms with E-state index in [0.717, 1.165) is 47.6 Å². The van der Waals surface area contributed by atoms with Gasteiger partial charge in [0.1, 0.15) is 11.5 Å². The lowest BCUT2D eigenvalue weighted by Gasteiger charge is -2.18. The molecule has 1 saturated carbocycles. The van der Waals surface area contributed by atoms with Crippen molar-refractivity contribution in [2.45, 2.75) is 56.9 Å². The molecule has 0 spiro atoms. The van der Waals surface area contributed by atoms with E-state index in [0.29, 0.717) is 5.75 Å². The Kier molecular flexibility index (Phi) is 7.68. The van der Waals surface area contributed by atoms with E-state index in [9.17, 15) is 19.8 Å². The summed E-state index contributed by atoms with van der Waals surface area (Å²) in [4.78, 5) is 23.9. The van der Waals surface area contributed by atoms with E-state index in [4.69, 9.17) is 4.74 Å². The normalized spacial score (nSPS) is 15.4. The van der Waals surface area contributed by atoms with Crippen molar-refractivity contribution >= 4 is 22.6 Å². The van der Waals surface area contributed by atoms with Gasteiger partial charge in [0.2, 0.25) is 0 Å². The quantitative estimate of drug-likeness (QED) is 0.392. The molecule has 1 aliphatic carbocycles. The van der Waals surface area contributed by atoms with Crippen molar-refractivity contribution in [3.05, 3.63) is 71.8 Å². The minimum atomic E-state index is -0.912. The molecule has 3 aromatic carbocycles. The second-order valence-electron chi connectivity index (χ2n) is 9.06. The second-order valence-corrected chi connectivity index (χ2v) is 9.06. The van der Waals surface area contributed by atoms with Crippen LogP contribution in [0.2, 0.25) is 0 Å². The lowest BCUT2D eigenvalue weighted by Crippen LogP contribution is -2.37. The third kappa shape index (κ3) is 6.28. The van der Waals surface area contributed by atoms with E-state index < -0.39 is 11.9 Å². The van der Waals surface area contributed by atoms with Crippen molar-refractivity contribution in [1.82, 2.24) is 5.32 Å². The average Bonchev–Trinajstić information content (AvgIpc) is 3.09. The molecule has 0 radical (unpaired) electrons. The molecule has 34 heavy (non-hydrogen) atoms. The Labute approximate surface area is 199 Å². The zero-order valence-corrected chi connectivity index (χ0v) is 19.2. The van der Waals surface area contributed by atoms with E-state index >= 15 is 0 Å². The maximum atomic E-state index is 12.4. The molecule has 0 saturated heterocycles. The van der Waals surface area contributed by atoms with Crippen molar-refractivity contribution in [3.63, 3.8) is 0 Å². The first-order valence-corrected chi connectivity index (χ1v) is 11.9. The molecule has 6 nitrogen and oxygen atoms in total. The Hall–Kier alpha value is -3.54. The Morgan fingerprint density at radius 2 is 1.65 bits per heavy atom. The van der Waals surface area contributed by atoms with Crippen LogP contribution < -0.4 is 10.1 Å². The molecular weight excluding hydrogens is 430 g/mol. The number of fused-ring (bicyclic) bond motifs is 1. The molecule has 4 rings (SSSR count). The number of carbonyl (C=O) groups is 2. The second kappa shape index (κ2) is 11.1. The number of hydrogen-bond donors (Lipinski definition) is 3. The fraction of sp³-hybridized carbons (Fsp3) is 0.357. The first kappa shape index (κ1) is 23.6. The number of nitrogens with one attached hydrogen (secondary N) is 1. The van der Waals surface area contributed by atoms with Crippen molar-refractivity contribution in [1.29, 1.82) is 0 Å². The molecule has 1 aliphatic rings. The summed E-state index contributed by atoms with van der Waals surface area (Å²) in [7, 11) is 0. The number of carboxylic acid groups (broad SMARTS) is 1. The summed E-state index contributed by atoms with van der Waals surface area (Å²) in [5, 5.41) is 24.3. The first-order valence-electron chi connectivity index (χ1n) is 11.9. The van der Waals surface area contributed by atoms with Gasteiger partial charge in [-0.3, -0.25) is 9.59 Å². The van der Waals surface area contributed by atoms with Crippen LogP contribution in [0.15, 0.2) is 60.7 Å². The highest BCUT2D eigenvalue weighted by molar-refractivity contribution is 5.85. The van der Waals surface area contributed by atoms with Crippen LogP contribution in [-0.4, -0.2) is 34.7 Å². The van der Waals surface area contributed by atoms with Crippen LogP contribution in [0.1, 0.15) is 62.0 Å². The summed E-state index contributed by atoms with van der Waals surface area (Å²) < 4.78 is 5.77. The number of aromatic hydroxyl groups is 1. The van der Waals surface area contributed by atoms with E-state index in [2.05, 4.69) is 5.32 Å². The highest BCUT2D eigenvalue weighted by Gasteiger charge is 2.19. The van der Waals surface area contributed by atoms with Gasteiger partial charge in [0.15, 0.2) is 6.61 Å². The van der Waals surface area contributed by atoms with Crippen LogP contribution in [0.25, 0.3) is 10.8 Å². The van der Waals surface area contributed by atoms with Crippen LogP contribution >= 0.6 is 0 Å². The summed E-state index contributed by atoms with van der Waals surface area (Å²) in [5.41, 5.74) is 1.58. The van der Waals surface area contributed by atoms with Gasteiger partial charge in [-0.2, -0.15) is 0 Å². The number of carbonyl (C=O) groups excluding carboxylic acids is 1. The van der Waals surface area contributed by atoms with Gasteiger partial charge in [0.25, 0.3) is 5.91 Å². The number of rotatable bonds is 8. The Balaban J connectivity index is 1.49. The molecule has 178 valence electrons. The largest absolute Gasteiger partial charge is 0.508 e. The average molecular weight is 462 g/mol. The lowest BCUT2D eigenvalue weighted by molar-refractivity contribution is -0.137. The number of hydrogen-bond acceptors (Lipinski definition) is 4. The summed E-state index contributed by atoms with van der Waals surface area (Å²) >= 11 is 0. The molecule has 3 N–H and O–H groups in total. The van der Waals surface area contributed by atoms with Gasteiger partial charge in [0, 0.05) is 12.0 Å². The number of phenolic OH excluding ortho intramolecular Hbond substituents is 1. The standard InChI is InChI=1S/C28H31NO5/c30-24-9-5-6-20(15-24)26(17-28(32)33)21-11-10-19-12-13-25(16-22(19)14-21)34-18-27(31)29-23-7-3-1-2-4-8-23/h5-6,9-16,23,26,30H,1-4,7-8,17-18H2,(H,29,31)(H,32,33). The van der Waals surface area contributed by atoms with Gasteiger partial charge in [-0.1, -0.05) is 62.1 Å². The lowest BCUT2D eigenvalue weighted by atomic mass is 9.87. The minimum Gasteiger partial charge on any atom is -0.508 e. The van der Waals surface area contributed by atoms with Gasteiger partial charge in [-0.15, -0.1) is 0 Å². The maximum Gasteiger partial charge on any atom is 0.304 e. The van der Waals surface area contributed by atoms with Gasteiger partial charge in [-0.05, 0) is 59.0 Å². The zero-order valence-electron chi connectivity index (χ0n) is 19.2. The predicted molar refractivity (Wildman–Crippen MR) is 131 cm³/mol. The smallest absolute Gasteiger partial charge is 0.304 e. The molecule has 3 aromatic rings. The fourth-order valence-electron chi connectivity index (χ4n) is 4.74. The third-order valence-corrected chi connectivity index (χ3v) is 6.48. The highest BCUT2D eigenvalue weighted by Crippen LogP contribution is 2.33. The monoisotopic (exact) mass is 461 g/mol. The Bertz CT molecular complexity index is 1150. The van der Waals surface area contributed by atoms with E-state index in [1.165, 1.54) is 12.8 Å². The Morgan fingerprint density at radius 3 is 2.38 bits per heavy atom. The number of ether oxygens (including phenoxy) is 1. The number of carboxylic acids is 1. The number of aliphatic carboxylic acids is 1. The number of benzene rings is 3. The predicted octanol–water partition coefficient (Wildman–Crippen LogP) is 5.37.